The topological polar surface area (TPSA) is 6.48 Å². The first-order valence-electron chi connectivity index (χ1n) is 9.41. The summed E-state index contributed by atoms with van der Waals surface area (Å²) in [6.45, 7) is 16.3. The average molecular weight is 293 g/mol. The molecular formula is C19H36N2. The lowest BCUT2D eigenvalue weighted by Crippen LogP contribution is -2.64. The summed E-state index contributed by atoms with van der Waals surface area (Å²) in [5.41, 5.74) is 1.37. The van der Waals surface area contributed by atoms with Crippen LogP contribution in [-0.4, -0.2) is 48.1 Å². The summed E-state index contributed by atoms with van der Waals surface area (Å²) in [6, 6.07) is 0. The van der Waals surface area contributed by atoms with Crippen molar-refractivity contribution in [2.45, 2.75) is 71.8 Å². The van der Waals surface area contributed by atoms with Gasteiger partial charge in [0.2, 0.25) is 0 Å². The second-order valence-electron chi connectivity index (χ2n) is 9.21. The second-order valence-corrected chi connectivity index (χ2v) is 9.21. The minimum Gasteiger partial charge on any atom is -0.303 e. The Labute approximate surface area is 132 Å². The Kier molecular flexibility index (Phi) is 4.40. The van der Waals surface area contributed by atoms with E-state index in [0.29, 0.717) is 11.0 Å². The summed E-state index contributed by atoms with van der Waals surface area (Å²) in [4.78, 5) is 5.57. The first-order valence-corrected chi connectivity index (χ1v) is 9.41. The van der Waals surface area contributed by atoms with Gasteiger partial charge in [0.1, 0.15) is 0 Å². The number of likely N-dealkylation sites (tertiary alicyclic amines) is 2. The van der Waals surface area contributed by atoms with Gasteiger partial charge in [-0.15, -0.1) is 0 Å². The molecule has 2 nitrogen and oxygen atoms in total. The predicted octanol–water partition coefficient (Wildman–Crippen LogP) is 4.01. The van der Waals surface area contributed by atoms with Gasteiger partial charge in [0.15, 0.2) is 0 Å². The van der Waals surface area contributed by atoms with Gasteiger partial charge in [-0.3, -0.25) is 4.90 Å². The maximum atomic E-state index is 2.87. The molecule has 21 heavy (non-hydrogen) atoms. The molecule has 0 atom stereocenters. The van der Waals surface area contributed by atoms with Crippen LogP contribution in [0.3, 0.4) is 0 Å². The van der Waals surface area contributed by atoms with Gasteiger partial charge in [0.05, 0.1) is 0 Å². The Morgan fingerprint density at radius 3 is 1.95 bits per heavy atom. The number of nitrogens with zero attached hydrogens (tertiary/aromatic N) is 2. The molecule has 122 valence electrons. The Morgan fingerprint density at radius 1 is 0.857 bits per heavy atom. The summed E-state index contributed by atoms with van der Waals surface area (Å²) in [7, 11) is 0. The number of rotatable bonds is 6. The highest BCUT2D eigenvalue weighted by Crippen LogP contribution is 2.54. The second kappa shape index (κ2) is 5.85. The molecule has 3 fully saturated rings. The van der Waals surface area contributed by atoms with Crippen molar-refractivity contribution in [3.8, 4) is 0 Å². The molecule has 3 aliphatic rings. The Balaban J connectivity index is 1.44. The van der Waals surface area contributed by atoms with Crippen LogP contribution in [0.1, 0.15) is 66.2 Å². The molecule has 3 rings (SSSR count). The third-order valence-corrected chi connectivity index (χ3v) is 6.28. The number of piperidine rings is 1. The smallest absolute Gasteiger partial charge is 0.0211 e. The van der Waals surface area contributed by atoms with Gasteiger partial charge < -0.3 is 4.90 Å². The quantitative estimate of drug-likeness (QED) is 0.730. The molecule has 1 aliphatic carbocycles. The van der Waals surface area contributed by atoms with Crippen molar-refractivity contribution in [3.63, 3.8) is 0 Å². The molecule has 0 N–H and O–H groups in total. The molecule has 0 aromatic carbocycles. The average Bonchev–Trinajstić information content (AvgIpc) is 3.15. The molecule has 2 aliphatic heterocycles. The summed E-state index contributed by atoms with van der Waals surface area (Å²) in [5, 5.41) is 0. The third-order valence-electron chi connectivity index (χ3n) is 6.28. The normalized spacial score (nSPS) is 28.3. The predicted molar refractivity (Wildman–Crippen MR) is 90.6 cm³/mol. The molecule has 1 saturated carbocycles. The van der Waals surface area contributed by atoms with Crippen molar-refractivity contribution in [1.29, 1.82) is 0 Å². The molecule has 0 aromatic heterocycles. The number of hydrogen-bond acceptors (Lipinski definition) is 2. The minimum absolute atomic E-state index is 0.657. The largest absolute Gasteiger partial charge is 0.303 e. The lowest BCUT2D eigenvalue weighted by Gasteiger charge is -2.57. The fourth-order valence-electron chi connectivity index (χ4n) is 4.57. The van der Waals surface area contributed by atoms with E-state index in [0.717, 1.165) is 11.8 Å². The van der Waals surface area contributed by atoms with Crippen LogP contribution in [0.4, 0.5) is 0 Å². The first-order chi connectivity index (χ1) is 9.93. The molecular weight excluding hydrogens is 256 g/mol. The van der Waals surface area contributed by atoms with E-state index in [4.69, 9.17) is 0 Å². The van der Waals surface area contributed by atoms with E-state index in [2.05, 4.69) is 37.5 Å². The Bertz CT molecular complexity index is 341. The van der Waals surface area contributed by atoms with Crippen LogP contribution < -0.4 is 0 Å². The van der Waals surface area contributed by atoms with Crippen molar-refractivity contribution in [2.24, 2.45) is 17.3 Å². The maximum absolute atomic E-state index is 2.87. The zero-order valence-electron chi connectivity index (χ0n) is 14.8. The van der Waals surface area contributed by atoms with Crippen LogP contribution in [0.5, 0.6) is 0 Å². The maximum Gasteiger partial charge on any atom is 0.0211 e. The molecule has 0 amide bonds. The highest BCUT2D eigenvalue weighted by Gasteiger charge is 2.56. The first kappa shape index (κ1) is 15.8. The van der Waals surface area contributed by atoms with E-state index >= 15 is 0 Å². The van der Waals surface area contributed by atoms with E-state index in [1.54, 1.807) is 0 Å². The lowest BCUT2D eigenvalue weighted by atomic mass is 9.70. The molecule has 2 saturated heterocycles. The molecule has 2 heteroatoms. The van der Waals surface area contributed by atoms with E-state index < -0.39 is 0 Å². The van der Waals surface area contributed by atoms with Crippen LogP contribution in [0, 0.1) is 17.3 Å². The molecule has 0 unspecified atom stereocenters. The van der Waals surface area contributed by atoms with Crippen molar-refractivity contribution < 1.29 is 0 Å². The van der Waals surface area contributed by atoms with Crippen molar-refractivity contribution in [1.82, 2.24) is 9.80 Å². The van der Waals surface area contributed by atoms with Crippen LogP contribution >= 0.6 is 0 Å². The summed E-state index contributed by atoms with van der Waals surface area (Å²) >= 11 is 0. The molecule has 0 aromatic rings. The van der Waals surface area contributed by atoms with Crippen molar-refractivity contribution >= 4 is 0 Å². The summed E-state index contributed by atoms with van der Waals surface area (Å²) < 4.78 is 0. The van der Waals surface area contributed by atoms with Gasteiger partial charge in [-0.05, 0) is 68.9 Å². The van der Waals surface area contributed by atoms with E-state index in [1.807, 2.05) is 0 Å². The monoisotopic (exact) mass is 292 g/mol. The van der Waals surface area contributed by atoms with Gasteiger partial charge in [-0.2, -0.15) is 0 Å². The molecule has 0 bridgehead atoms. The summed E-state index contributed by atoms with van der Waals surface area (Å²) in [6.07, 6.45) is 8.75. The molecule has 0 radical (unpaired) electrons. The Hall–Kier alpha value is -0.0800. The van der Waals surface area contributed by atoms with Crippen molar-refractivity contribution in [2.75, 3.05) is 32.7 Å². The van der Waals surface area contributed by atoms with E-state index in [-0.39, 0.29) is 0 Å². The zero-order chi connectivity index (χ0) is 15.1. The SMILES string of the molecule is CC(C)CCC1(N2CC3(CCN(CC(C)C)CC3)C2)CC1. The van der Waals surface area contributed by atoms with Crippen LogP contribution in [0.15, 0.2) is 0 Å². The van der Waals surface area contributed by atoms with Gasteiger partial charge in [0, 0.05) is 25.2 Å². The van der Waals surface area contributed by atoms with Gasteiger partial charge in [0.25, 0.3) is 0 Å². The van der Waals surface area contributed by atoms with Crippen LogP contribution in [-0.2, 0) is 0 Å². The highest BCUT2D eigenvalue weighted by atomic mass is 15.3. The highest BCUT2D eigenvalue weighted by molar-refractivity contribution is 5.11. The van der Waals surface area contributed by atoms with Gasteiger partial charge in [-0.25, -0.2) is 0 Å². The Morgan fingerprint density at radius 2 is 1.48 bits per heavy atom. The van der Waals surface area contributed by atoms with Gasteiger partial charge >= 0.3 is 0 Å². The van der Waals surface area contributed by atoms with Crippen LogP contribution in [0.25, 0.3) is 0 Å². The standard InChI is InChI=1S/C19H36N2/c1-16(2)5-6-19(7-8-19)21-14-18(15-21)9-11-20(12-10-18)13-17(3)4/h16-17H,5-15H2,1-4H3. The van der Waals surface area contributed by atoms with E-state index in [1.165, 1.54) is 71.2 Å². The molecule has 1 spiro atoms. The zero-order valence-corrected chi connectivity index (χ0v) is 14.8. The van der Waals surface area contributed by atoms with Crippen LogP contribution in [0.2, 0.25) is 0 Å². The molecule has 2 heterocycles. The minimum atomic E-state index is 0.657. The van der Waals surface area contributed by atoms with Gasteiger partial charge in [-0.1, -0.05) is 27.7 Å². The third kappa shape index (κ3) is 3.47. The van der Waals surface area contributed by atoms with E-state index in [9.17, 15) is 0 Å². The van der Waals surface area contributed by atoms with Crippen molar-refractivity contribution in [3.05, 3.63) is 0 Å². The lowest BCUT2D eigenvalue weighted by molar-refractivity contribution is -0.0805. The fraction of sp³-hybridized carbons (Fsp3) is 1.00. The summed E-state index contributed by atoms with van der Waals surface area (Å²) in [5.74, 6) is 1.69. The number of hydrogen-bond donors (Lipinski definition) is 0. The fourth-order valence-corrected chi connectivity index (χ4v) is 4.57.